The quantitative estimate of drug-likeness (QED) is 0.188. The zero-order chi connectivity index (χ0) is 32.6. The van der Waals surface area contributed by atoms with Crippen molar-refractivity contribution in [2.45, 2.75) is 104 Å². The van der Waals surface area contributed by atoms with Crippen molar-refractivity contribution in [1.29, 1.82) is 0 Å². The van der Waals surface area contributed by atoms with Crippen LogP contribution in [0.15, 0.2) is 0 Å². The molecule has 1 saturated heterocycles. The Morgan fingerprint density at radius 2 is 1.61 bits per heavy atom. The Labute approximate surface area is 259 Å². The Morgan fingerprint density at radius 3 is 2.16 bits per heavy atom. The van der Waals surface area contributed by atoms with E-state index in [4.69, 9.17) is 10.5 Å². The van der Waals surface area contributed by atoms with E-state index < -0.39 is 65.3 Å². The van der Waals surface area contributed by atoms with Gasteiger partial charge in [-0.3, -0.25) is 19.2 Å². The van der Waals surface area contributed by atoms with E-state index in [1.165, 1.54) is 12.0 Å². The Hall–Kier alpha value is -3.38. The van der Waals surface area contributed by atoms with E-state index in [9.17, 15) is 28.8 Å². The van der Waals surface area contributed by atoms with Crippen LogP contribution in [0.1, 0.15) is 79.6 Å². The van der Waals surface area contributed by atoms with Crippen LogP contribution in [0.5, 0.6) is 0 Å². The number of likely N-dealkylation sites (tertiary alicyclic amines) is 1. The molecule has 3 aliphatic carbocycles. The number of urea groups is 1. The van der Waals surface area contributed by atoms with Gasteiger partial charge < -0.3 is 36.1 Å². The number of Topliss-reactive ketones (excluding diaryl/α,β-unsaturated/α-hetero) is 1. The fourth-order valence-corrected chi connectivity index (χ4v) is 7.19. The molecule has 5 amide bonds. The van der Waals surface area contributed by atoms with Crippen LogP contribution in [-0.4, -0.2) is 85.0 Å². The van der Waals surface area contributed by atoms with Crippen molar-refractivity contribution in [3.05, 3.63) is 0 Å². The number of hydrogen-bond acceptors (Lipinski definition) is 8. The standard InChI is InChI=1S/C31H49N5O8/c1-30(2,3)24(35-28(41)34-20(15-44-29(42)43-6)17-9-7-8-10-17)27(40)36-14-18-21(31(18,4)5)22(36)26(39)33-19(13-16-11-12-16)23(37)25(32)38/h16-22,24H,7-15H2,1-6H3,(H2,32,38)(H,33,39)(H2,34,35,41)/t18?,19?,20-,21?,22+,24-/m1/s1. The highest BCUT2D eigenvalue weighted by Crippen LogP contribution is 2.65. The molecule has 0 spiro atoms. The number of amides is 5. The van der Waals surface area contributed by atoms with Crippen LogP contribution in [0.4, 0.5) is 9.59 Å². The van der Waals surface area contributed by atoms with Crippen LogP contribution in [0.2, 0.25) is 0 Å². The predicted molar refractivity (Wildman–Crippen MR) is 159 cm³/mol. The highest BCUT2D eigenvalue weighted by molar-refractivity contribution is 6.37. The monoisotopic (exact) mass is 619 g/mol. The predicted octanol–water partition coefficient (Wildman–Crippen LogP) is 1.86. The van der Waals surface area contributed by atoms with Gasteiger partial charge in [0.1, 0.15) is 18.7 Å². The second-order valence-corrected chi connectivity index (χ2v) is 14.7. The number of ketones is 1. The number of carbonyl (C=O) groups excluding carboxylic acids is 6. The molecule has 0 aromatic rings. The number of rotatable bonds is 12. The van der Waals surface area contributed by atoms with E-state index in [1.54, 1.807) is 0 Å². The topological polar surface area (TPSA) is 186 Å². The fraction of sp³-hybridized carbons (Fsp3) is 0.806. The molecule has 0 aromatic carbocycles. The Bertz CT molecular complexity index is 1160. The van der Waals surface area contributed by atoms with Crippen molar-refractivity contribution < 1.29 is 38.2 Å². The lowest BCUT2D eigenvalue weighted by Gasteiger charge is -2.38. The Morgan fingerprint density at radius 1 is 0.977 bits per heavy atom. The van der Waals surface area contributed by atoms with Crippen LogP contribution in [0, 0.1) is 34.5 Å². The zero-order valence-electron chi connectivity index (χ0n) is 26.8. The van der Waals surface area contributed by atoms with Crippen molar-refractivity contribution in [2.75, 3.05) is 20.3 Å². The number of piperidine rings is 1. The minimum atomic E-state index is -1.10. The van der Waals surface area contributed by atoms with Crippen LogP contribution < -0.4 is 21.7 Å². The number of methoxy groups -OCH3 is 1. The van der Waals surface area contributed by atoms with Crippen molar-refractivity contribution >= 4 is 35.7 Å². The third kappa shape index (κ3) is 7.46. The molecule has 3 unspecified atom stereocenters. The van der Waals surface area contributed by atoms with Gasteiger partial charge in [-0.05, 0) is 53.8 Å². The van der Waals surface area contributed by atoms with Gasteiger partial charge in [0.05, 0.1) is 19.2 Å². The molecule has 5 N–H and O–H groups in total. The number of nitrogens with zero attached hydrogens (tertiary/aromatic N) is 1. The molecular formula is C31H49N5O8. The summed E-state index contributed by atoms with van der Waals surface area (Å²) in [6.07, 6.45) is 5.10. The van der Waals surface area contributed by atoms with E-state index in [0.717, 1.165) is 38.5 Å². The maximum atomic E-state index is 14.2. The molecule has 13 nitrogen and oxygen atoms in total. The number of primary amides is 1. The second-order valence-electron chi connectivity index (χ2n) is 14.7. The minimum Gasteiger partial charge on any atom is -0.438 e. The number of hydrogen-bond donors (Lipinski definition) is 4. The van der Waals surface area contributed by atoms with Gasteiger partial charge in [-0.25, -0.2) is 9.59 Å². The third-order valence-corrected chi connectivity index (χ3v) is 10.1. The van der Waals surface area contributed by atoms with Crippen molar-refractivity contribution in [3.8, 4) is 0 Å². The summed E-state index contributed by atoms with van der Waals surface area (Å²) in [5.74, 6) is -2.53. The van der Waals surface area contributed by atoms with E-state index in [0.29, 0.717) is 13.0 Å². The molecule has 4 aliphatic rings. The number of ether oxygens (including phenoxy) is 2. The molecule has 44 heavy (non-hydrogen) atoms. The van der Waals surface area contributed by atoms with Gasteiger partial charge >= 0.3 is 12.2 Å². The summed E-state index contributed by atoms with van der Waals surface area (Å²) in [4.78, 5) is 78.8. The average molecular weight is 620 g/mol. The Balaban J connectivity index is 1.50. The van der Waals surface area contributed by atoms with Gasteiger partial charge in [0.15, 0.2) is 0 Å². The summed E-state index contributed by atoms with van der Waals surface area (Å²) in [5, 5.41) is 8.52. The first-order chi connectivity index (χ1) is 20.6. The van der Waals surface area contributed by atoms with E-state index in [-0.39, 0.29) is 35.7 Å². The lowest BCUT2D eigenvalue weighted by Crippen LogP contribution is -2.62. The highest BCUT2D eigenvalue weighted by Gasteiger charge is 2.70. The largest absolute Gasteiger partial charge is 0.508 e. The van der Waals surface area contributed by atoms with E-state index in [2.05, 4.69) is 20.7 Å². The van der Waals surface area contributed by atoms with Gasteiger partial charge in [-0.15, -0.1) is 0 Å². The number of nitrogens with one attached hydrogen (secondary N) is 3. The molecule has 0 radical (unpaired) electrons. The summed E-state index contributed by atoms with van der Waals surface area (Å²) in [7, 11) is 1.21. The molecular weight excluding hydrogens is 570 g/mol. The van der Waals surface area contributed by atoms with Crippen LogP contribution in [0.25, 0.3) is 0 Å². The highest BCUT2D eigenvalue weighted by atomic mass is 16.7. The second kappa shape index (κ2) is 12.9. The van der Waals surface area contributed by atoms with Gasteiger partial charge in [0, 0.05) is 6.54 Å². The molecule has 6 atom stereocenters. The number of fused-ring (bicyclic) bond motifs is 1. The van der Waals surface area contributed by atoms with Gasteiger partial charge in [-0.1, -0.05) is 60.3 Å². The molecule has 1 heterocycles. The molecule has 0 bridgehead atoms. The lowest BCUT2D eigenvalue weighted by molar-refractivity contribution is -0.145. The summed E-state index contributed by atoms with van der Waals surface area (Å²) in [5.41, 5.74) is 4.38. The first-order valence-corrected chi connectivity index (χ1v) is 15.8. The maximum Gasteiger partial charge on any atom is 0.508 e. The summed E-state index contributed by atoms with van der Waals surface area (Å²) < 4.78 is 9.74. The molecule has 4 fully saturated rings. The zero-order valence-corrected chi connectivity index (χ0v) is 26.8. The van der Waals surface area contributed by atoms with Crippen LogP contribution in [-0.2, 0) is 28.7 Å². The van der Waals surface area contributed by atoms with Crippen molar-refractivity contribution in [2.24, 2.45) is 40.2 Å². The molecule has 13 heteroatoms. The molecule has 4 rings (SSSR count). The van der Waals surface area contributed by atoms with E-state index in [1.807, 2.05) is 34.6 Å². The van der Waals surface area contributed by atoms with Crippen LogP contribution >= 0.6 is 0 Å². The molecule has 1 aliphatic heterocycles. The van der Waals surface area contributed by atoms with Gasteiger partial charge in [0.2, 0.25) is 17.6 Å². The fourth-order valence-electron chi connectivity index (χ4n) is 7.19. The smallest absolute Gasteiger partial charge is 0.438 e. The normalized spacial score (nSPS) is 26.0. The maximum absolute atomic E-state index is 14.2. The lowest BCUT2D eigenvalue weighted by atomic mass is 9.85. The third-order valence-electron chi connectivity index (χ3n) is 10.1. The molecule has 246 valence electrons. The summed E-state index contributed by atoms with van der Waals surface area (Å²) in [6.45, 7) is 9.87. The van der Waals surface area contributed by atoms with Crippen molar-refractivity contribution in [3.63, 3.8) is 0 Å². The van der Waals surface area contributed by atoms with E-state index >= 15 is 0 Å². The van der Waals surface area contributed by atoms with Crippen LogP contribution in [0.3, 0.4) is 0 Å². The first-order valence-electron chi connectivity index (χ1n) is 15.8. The Kier molecular flexibility index (Phi) is 9.84. The summed E-state index contributed by atoms with van der Waals surface area (Å²) >= 11 is 0. The SMILES string of the molecule is COC(=O)OC[C@@H](NC(=O)N[C@H](C(=O)N1CC2C([C@H]1C(=O)NC(CC1CC1)C(=O)C(N)=O)C2(C)C)C(C)(C)C)C1CCCC1. The molecule has 3 saturated carbocycles. The van der Waals surface area contributed by atoms with Gasteiger partial charge in [-0.2, -0.15) is 0 Å². The number of nitrogens with two attached hydrogens (primary N) is 1. The van der Waals surface area contributed by atoms with Crippen molar-refractivity contribution in [1.82, 2.24) is 20.9 Å². The average Bonchev–Trinajstić information content (AvgIpc) is 3.65. The minimum absolute atomic E-state index is 0.0578. The number of carbonyl (C=O) groups is 6. The first kappa shape index (κ1) is 33.5. The summed E-state index contributed by atoms with van der Waals surface area (Å²) in [6, 6.07) is -3.92. The van der Waals surface area contributed by atoms with Gasteiger partial charge in [0.25, 0.3) is 5.91 Å². The molecule has 0 aromatic heterocycles.